The molecule has 0 bridgehead atoms. The zero-order chi connectivity index (χ0) is 19.2. The van der Waals surface area contributed by atoms with E-state index in [1.165, 1.54) is 11.8 Å². The number of nitrogens with one attached hydrogen (secondary N) is 1. The molecule has 6 heteroatoms. The predicted molar refractivity (Wildman–Crippen MR) is 112 cm³/mol. The van der Waals surface area contributed by atoms with Gasteiger partial charge in [0.15, 0.2) is 5.78 Å². The van der Waals surface area contributed by atoms with Gasteiger partial charge in [0.25, 0.3) is 5.91 Å². The number of carbonyl (C=O) groups excluding carboxylic acids is 2. The van der Waals surface area contributed by atoms with Crippen LogP contribution in [0.5, 0.6) is 0 Å². The molecule has 3 aromatic rings. The van der Waals surface area contributed by atoms with Gasteiger partial charge < -0.3 is 5.32 Å². The quantitative estimate of drug-likeness (QED) is 0.383. The van der Waals surface area contributed by atoms with Gasteiger partial charge in [-0.2, -0.15) is 0 Å². The molecule has 1 amide bonds. The van der Waals surface area contributed by atoms with Gasteiger partial charge in [-0.05, 0) is 30.3 Å². The first-order valence-corrected chi connectivity index (χ1v) is 9.85. The molecule has 3 aromatic carbocycles. The number of hydrogen-bond donors (Lipinski definition) is 1. The van der Waals surface area contributed by atoms with Gasteiger partial charge >= 0.3 is 0 Å². The van der Waals surface area contributed by atoms with E-state index in [1.54, 1.807) is 48.5 Å². The van der Waals surface area contributed by atoms with Crippen molar-refractivity contribution >= 4 is 52.3 Å². The van der Waals surface area contributed by atoms with E-state index < -0.39 is 0 Å². The summed E-state index contributed by atoms with van der Waals surface area (Å²) in [4.78, 5) is 25.6. The molecule has 0 saturated carbocycles. The molecule has 1 N–H and O–H groups in total. The number of amides is 1. The van der Waals surface area contributed by atoms with Crippen LogP contribution in [-0.2, 0) is 0 Å². The van der Waals surface area contributed by atoms with E-state index in [1.807, 2.05) is 24.3 Å². The monoisotopic (exact) mass is 415 g/mol. The predicted octanol–water partition coefficient (Wildman–Crippen LogP) is 6.22. The van der Waals surface area contributed by atoms with E-state index >= 15 is 0 Å². The largest absolute Gasteiger partial charge is 0.321 e. The molecule has 3 rings (SSSR count). The highest BCUT2D eigenvalue weighted by Crippen LogP contribution is 2.30. The van der Waals surface area contributed by atoms with Crippen molar-refractivity contribution < 1.29 is 9.59 Å². The summed E-state index contributed by atoms with van der Waals surface area (Å²) in [5.41, 5.74) is 1.60. The number of thioether (sulfide) groups is 1. The minimum absolute atomic E-state index is 0.0427. The second-order valence-electron chi connectivity index (χ2n) is 5.66. The maximum absolute atomic E-state index is 12.5. The summed E-state index contributed by atoms with van der Waals surface area (Å²) >= 11 is 13.5. The zero-order valence-electron chi connectivity index (χ0n) is 14.1. The fourth-order valence-corrected chi connectivity index (χ4v) is 3.58. The number of carbonyl (C=O) groups is 2. The minimum atomic E-state index is -0.295. The topological polar surface area (TPSA) is 46.2 Å². The van der Waals surface area contributed by atoms with Gasteiger partial charge in [-0.15, -0.1) is 11.8 Å². The van der Waals surface area contributed by atoms with Gasteiger partial charge in [0, 0.05) is 16.0 Å². The van der Waals surface area contributed by atoms with Crippen LogP contribution >= 0.6 is 35.0 Å². The Labute approximate surface area is 171 Å². The molecule has 0 aliphatic rings. The van der Waals surface area contributed by atoms with Crippen LogP contribution in [0.15, 0.2) is 77.7 Å². The molecule has 0 aliphatic carbocycles. The average Bonchev–Trinajstić information content (AvgIpc) is 2.70. The molecular formula is C21H15Cl2NO2S. The van der Waals surface area contributed by atoms with Gasteiger partial charge in [-0.1, -0.05) is 65.7 Å². The lowest BCUT2D eigenvalue weighted by molar-refractivity contribution is 0.101. The molecule has 0 fully saturated rings. The summed E-state index contributed by atoms with van der Waals surface area (Å²) in [6.45, 7) is 0. The maximum Gasteiger partial charge on any atom is 0.255 e. The van der Waals surface area contributed by atoms with Gasteiger partial charge in [-0.3, -0.25) is 9.59 Å². The maximum atomic E-state index is 12.5. The third-order valence-corrected chi connectivity index (χ3v) is 5.57. The first-order valence-electron chi connectivity index (χ1n) is 8.11. The summed E-state index contributed by atoms with van der Waals surface area (Å²) in [5.74, 6) is 0.0482. The third-order valence-electron chi connectivity index (χ3n) is 3.76. The molecule has 136 valence electrons. The summed E-state index contributed by atoms with van der Waals surface area (Å²) in [7, 11) is 0. The van der Waals surface area contributed by atoms with Crippen molar-refractivity contribution in [2.24, 2.45) is 0 Å². The Morgan fingerprint density at radius 1 is 0.852 bits per heavy atom. The smallest absolute Gasteiger partial charge is 0.255 e. The molecule has 0 radical (unpaired) electrons. The fourth-order valence-electron chi connectivity index (χ4n) is 2.38. The summed E-state index contributed by atoms with van der Waals surface area (Å²) in [6, 6.07) is 21.3. The Balaban J connectivity index is 1.67. The van der Waals surface area contributed by atoms with Crippen molar-refractivity contribution in [2.75, 3.05) is 11.1 Å². The van der Waals surface area contributed by atoms with Gasteiger partial charge in [0.05, 0.1) is 21.5 Å². The van der Waals surface area contributed by atoms with Crippen LogP contribution < -0.4 is 5.32 Å². The van der Waals surface area contributed by atoms with Crippen molar-refractivity contribution in [3.63, 3.8) is 0 Å². The van der Waals surface area contributed by atoms with Gasteiger partial charge in [0.1, 0.15) is 0 Å². The molecule has 0 aliphatic heterocycles. The Hall–Kier alpha value is -2.27. The van der Waals surface area contributed by atoms with E-state index in [4.69, 9.17) is 23.2 Å². The molecule has 0 aromatic heterocycles. The van der Waals surface area contributed by atoms with Gasteiger partial charge in [-0.25, -0.2) is 0 Å². The highest BCUT2D eigenvalue weighted by atomic mass is 35.5. The molecular weight excluding hydrogens is 401 g/mol. The minimum Gasteiger partial charge on any atom is -0.321 e. The highest BCUT2D eigenvalue weighted by molar-refractivity contribution is 8.00. The van der Waals surface area contributed by atoms with Crippen LogP contribution in [0.2, 0.25) is 10.0 Å². The highest BCUT2D eigenvalue weighted by Gasteiger charge is 2.12. The van der Waals surface area contributed by atoms with Crippen molar-refractivity contribution in [3.8, 4) is 0 Å². The van der Waals surface area contributed by atoms with Crippen molar-refractivity contribution in [3.05, 3.63) is 94.0 Å². The molecule has 0 unspecified atom stereocenters. The van der Waals surface area contributed by atoms with Crippen LogP contribution in [-0.4, -0.2) is 17.4 Å². The number of anilines is 1. The Morgan fingerprint density at radius 2 is 1.56 bits per heavy atom. The second kappa shape index (κ2) is 9.09. The standard InChI is InChI=1S/C21H15Cl2NO2S/c22-17-10-5-11-18(20(17)23)24-21(26)15-8-4-9-16(12-15)27-13-19(25)14-6-2-1-3-7-14/h1-12H,13H2,(H,24,26). The molecule has 0 saturated heterocycles. The van der Waals surface area contributed by atoms with E-state index in [9.17, 15) is 9.59 Å². The molecule has 0 heterocycles. The molecule has 27 heavy (non-hydrogen) atoms. The van der Waals surface area contributed by atoms with E-state index in [-0.39, 0.29) is 11.7 Å². The van der Waals surface area contributed by atoms with E-state index in [2.05, 4.69) is 5.32 Å². The first kappa shape index (κ1) is 19.5. The Kier molecular flexibility index (Phi) is 6.56. The van der Waals surface area contributed by atoms with Crippen LogP contribution in [0.4, 0.5) is 5.69 Å². The first-order chi connectivity index (χ1) is 13.0. The number of rotatable bonds is 6. The number of benzene rings is 3. The lowest BCUT2D eigenvalue weighted by Crippen LogP contribution is -2.12. The molecule has 3 nitrogen and oxygen atoms in total. The number of halogens is 2. The summed E-state index contributed by atoms with van der Waals surface area (Å²) in [5, 5.41) is 3.42. The fraction of sp³-hybridized carbons (Fsp3) is 0.0476. The lowest BCUT2D eigenvalue weighted by Gasteiger charge is -2.09. The van der Waals surface area contributed by atoms with E-state index in [0.29, 0.717) is 32.6 Å². The zero-order valence-corrected chi connectivity index (χ0v) is 16.4. The number of Topliss-reactive ketones (excluding diaryl/α,β-unsaturated/α-hetero) is 1. The normalized spacial score (nSPS) is 10.4. The van der Waals surface area contributed by atoms with Crippen LogP contribution in [0.1, 0.15) is 20.7 Å². The summed E-state index contributed by atoms with van der Waals surface area (Å²) < 4.78 is 0. The Bertz CT molecular complexity index is 977. The van der Waals surface area contributed by atoms with Gasteiger partial charge in [0.2, 0.25) is 0 Å². The average molecular weight is 416 g/mol. The SMILES string of the molecule is O=C(CSc1cccc(C(=O)Nc2cccc(Cl)c2Cl)c1)c1ccccc1. The Morgan fingerprint density at radius 3 is 2.33 bits per heavy atom. The third kappa shape index (κ3) is 5.13. The number of hydrogen-bond acceptors (Lipinski definition) is 3. The summed E-state index contributed by atoms with van der Waals surface area (Å²) in [6.07, 6.45) is 0. The van der Waals surface area contributed by atoms with Crippen molar-refractivity contribution in [1.29, 1.82) is 0 Å². The van der Waals surface area contributed by atoms with Crippen LogP contribution in [0, 0.1) is 0 Å². The van der Waals surface area contributed by atoms with E-state index in [0.717, 1.165) is 4.90 Å². The second-order valence-corrected chi connectivity index (χ2v) is 7.50. The van der Waals surface area contributed by atoms with Crippen LogP contribution in [0.25, 0.3) is 0 Å². The number of ketones is 1. The lowest BCUT2D eigenvalue weighted by atomic mass is 10.2. The van der Waals surface area contributed by atoms with Crippen LogP contribution in [0.3, 0.4) is 0 Å². The molecule has 0 atom stereocenters. The van der Waals surface area contributed by atoms with Crippen molar-refractivity contribution in [2.45, 2.75) is 4.90 Å². The van der Waals surface area contributed by atoms with Crippen molar-refractivity contribution in [1.82, 2.24) is 0 Å². The molecule has 0 spiro atoms.